The molecule has 1 aromatic rings. The van der Waals surface area contributed by atoms with Gasteiger partial charge < -0.3 is 14.6 Å². The molecule has 0 saturated heterocycles. The van der Waals surface area contributed by atoms with E-state index in [2.05, 4.69) is 11.3 Å². The van der Waals surface area contributed by atoms with Crippen LogP contribution < -0.4 is 4.74 Å². The highest BCUT2D eigenvalue weighted by Gasteiger charge is 2.16. The molecule has 0 heterocycles. The molecule has 8 heteroatoms. The highest BCUT2D eigenvalue weighted by atomic mass is 35.5. The number of carbonyl (C=O) groups is 1. The van der Waals surface area contributed by atoms with Crippen LogP contribution in [0.3, 0.4) is 0 Å². The third kappa shape index (κ3) is 4.72. The lowest BCUT2D eigenvalue weighted by molar-refractivity contribution is -0.141. The van der Waals surface area contributed by atoms with Gasteiger partial charge in [0.1, 0.15) is 30.1 Å². The van der Waals surface area contributed by atoms with E-state index < -0.39 is 12.1 Å². The zero-order valence-electron chi connectivity index (χ0n) is 10.0. The molecular formula is C12H10Cl4O4. The van der Waals surface area contributed by atoms with E-state index in [4.69, 9.17) is 51.1 Å². The van der Waals surface area contributed by atoms with Crippen molar-refractivity contribution in [3.8, 4) is 5.75 Å². The van der Waals surface area contributed by atoms with E-state index in [1.807, 2.05) is 0 Å². The molecule has 0 saturated carbocycles. The molecule has 0 spiro atoms. The molecule has 4 nitrogen and oxygen atoms in total. The van der Waals surface area contributed by atoms with Gasteiger partial charge in [-0.3, -0.25) is 0 Å². The van der Waals surface area contributed by atoms with Crippen molar-refractivity contribution >= 4 is 52.4 Å². The first-order chi connectivity index (χ1) is 9.36. The number of aliphatic hydroxyl groups is 1. The lowest BCUT2D eigenvalue weighted by Crippen LogP contribution is -2.24. The van der Waals surface area contributed by atoms with Gasteiger partial charge in [0, 0.05) is 12.1 Å². The summed E-state index contributed by atoms with van der Waals surface area (Å²) in [5.41, 5.74) is 0. The number of halogens is 4. The number of esters is 1. The monoisotopic (exact) mass is 358 g/mol. The smallest absolute Gasteiger partial charge is 0.330 e. The van der Waals surface area contributed by atoms with Gasteiger partial charge in [-0.2, -0.15) is 0 Å². The van der Waals surface area contributed by atoms with Gasteiger partial charge in [-0.25, -0.2) is 4.79 Å². The molecule has 1 rings (SSSR count). The lowest BCUT2D eigenvalue weighted by atomic mass is 10.3. The normalized spacial score (nSPS) is 11.8. The van der Waals surface area contributed by atoms with Crippen molar-refractivity contribution in [2.45, 2.75) is 6.10 Å². The van der Waals surface area contributed by atoms with Crippen LogP contribution in [0.15, 0.2) is 18.7 Å². The molecule has 0 amide bonds. The molecule has 0 aromatic heterocycles. The summed E-state index contributed by atoms with van der Waals surface area (Å²) < 4.78 is 9.90. The Balaban J connectivity index is 2.62. The van der Waals surface area contributed by atoms with Crippen LogP contribution in [-0.4, -0.2) is 30.4 Å². The number of ether oxygens (including phenoxy) is 2. The van der Waals surface area contributed by atoms with Crippen LogP contribution >= 0.6 is 46.4 Å². The van der Waals surface area contributed by atoms with Crippen LogP contribution in [-0.2, 0) is 9.53 Å². The van der Waals surface area contributed by atoms with Crippen LogP contribution in [0.25, 0.3) is 0 Å². The van der Waals surface area contributed by atoms with E-state index >= 15 is 0 Å². The largest absolute Gasteiger partial charge is 0.489 e. The number of rotatable bonds is 6. The van der Waals surface area contributed by atoms with Crippen LogP contribution in [0, 0.1) is 0 Å². The van der Waals surface area contributed by atoms with Gasteiger partial charge in [0.15, 0.2) is 0 Å². The summed E-state index contributed by atoms with van der Waals surface area (Å²) in [7, 11) is 0. The first kappa shape index (κ1) is 17.4. The Morgan fingerprint density at radius 2 is 1.90 bits per heavy atom. The molecule has 0 aliphatic rings. The van der Waals surface area contributed by atoms with Gasteiger partial charge in [0.05, 0.1) is 15.1 Å². The highest BCUT2D eigenvalue weighted by Crippen LogP contribution is 2.41. The van der Waals surface area contributed by atoms with E-state index in [0.29, 0.717) is 0 Å². The van der Waals surface area contributed by atoms with Crippen molar-refractivity contribution < 1.29 is 19.4 Å². The van der Waals surface area contributed by atoms with E-state index in [-0.39, 0.29) is 39.1 Å². The molecule has 0 radical (unpaired) electrons. The fraction of sp³-hybridized carbons (Fsp3) is 0.250. The maximum atomic E-state index is 10.8. The van der Waals surface area contributed by atoms with E-state index in [0.717, 1.165) is 6.08 Å². The Hall–Kier alpha value is -0.650. The molecule has 1 atom stereocenters. The van der Waals surface area contributed by atoms with E-state index in [1.54, 1.807) is 0 Å². The SMILES string of the molecule is C=CC(=O)OCC(O)COc1cc(Cl)c(Cl)c(Cl)c1Cl. The number of carbonyl (C=O) groups excluding carboxylic acids is 1. The Labute approximate surface area is 135 Å². The third-order valence-electron chi connectivity index (χ3n) is 2.09. The van der Waals surface area contributed by atoms with Gasteiger partial charge in [-0.15, -0.1) is 0 Å². The van der Waals surface area contributed by atoms with Gasteiger partial charge in [0.25, 0.3) is 0 Å². The minimum atomic E-state index is -1.04. The van der Waals surface area contributed by atoms with Gasteiger partial charge in [-0.05, 0) is 0 Å². The fourth-order valence-electron chi connectivity index (χ4n) is 1.13. The molecule has 0 aliphatic heterocycles. The van der Waals surface area contributed by atoms with Crippen molar-refractivity contribution in [2.75, 3.05) is 13.2 Å². The van der Waals surface area contributed by atoms with Gasteiger partial charge in [-0.1, -0.05) is 53.0 Å². The van der Waals surface area contributed by atoms with Crippen molar-refractivity contribution in [3.63, 3.8) is 0 Å². The molecule has 1 unspecified atom stereocenters. The molecule has 1 N–H and O–H groups in total. The zero-order chi connectivity index (χ0) is 15.3. The molecular weight excluding hydrogens is 350 g/mol. The second kappa shape index (κ2) is 7.96. The van der Waals surface area contributed by atoms with Crippen molar-refractivity contribution in [2.24, 2.45) is 0 Å². The molecule has 0 aliphatic carbocycles. The molecule has 1 aromatic carbocycles. The molecule has 20 heavy (non-hydrogen) atoms. The summed E-state index contributed by atoms with van der Waals surface area (Å²) >= 11 is 23.4. The summed E-state index contributed by atoms with van der Waals surface area (Å²) in [6, 6.07) is 1.38. The summed E-state index contributed by atoms with van der Waals surface area (Å²) in [6.45, 7) is 2.82. The first-order valence-electron chi connectivity index (χ1n) is 5.29. The number of hydrogen-bond donors (Lipinski definition) is 1. The number of hydrogen-bond acceptors (Lipinski definition) is 4. The zero-order valence-corrected chi connectivity index (χ0v) is 13.1. The Morgan fingerprint density at radius 1 is 1.25 bits per heavy atom. The first-order valence-corrected chi connectivity index (χ1v) is 6.81. The number of benzene rings is 1. The average Bonchev–Trinajstić information content (AvgIpc) is 2.44. The standard InChI is InChI=1S/C12H10Cl4O4/c1-2-9(18)20-5-6(17)4-19-8-3-7(13)10(14)12(16)11(8)15/h2-3,6,17H,1,4-5H2. The molecule has 0 bridgehead atoms. The molecule has 0 fully saturated rings. The Kier molecular flexibility index (Phi) is 6.92. The highest BCUT2D eigenvalue weighted by molar-refractivity contribution is 6.52. The van der Waals surface area contributed by atoms with Crippen molar-refractivity contribution in [3.05, 3.63) is 38.8 Å². The van der Waals surface area contributed by atoms with Gasteiger partial charge >= 0.3 is 5.97 Å². The Bertz CT molecular complexity index is 519. The number of aliphatic hydroxyl groups excluding tert-OH is 1. The van der Waals surface area contributed by atoms with Gasteiger partial charge in [0.2, 0.25) is 0 Å². The van der Waals surface area contributed by atoms with Crippen molar-refractivity contribution in [1.29, 1.82) is 0 Å². The maximum Gasteiger partial charge on any atom is 0.330 e. The summed E-state index contributed by atoms with van der Waals surface area (Å²) in [5.74, 6) is -0.472. The second-order valence-corrected chi connectivity index (χ2v) is 5.14. The van der Waals surface area contributed by atoms with Crippen LogP contribution in [0.5, 0.6) is 5.75 Å². The summed E-state index contributed by atoms with van der Waals surface area (Å²) in [5, 5.41) is 9.99. The average molecular weight is 360 g/mol. The minimum Gasteiger partial charge on any atom is -0.489 e. The lowest BCUT2D eigenvalue weighted by Gasteiger charge is -2.14. The predicted octanol–water partition coefficient (Wildman–Crippen LogP) is 3.77. The second-order valence-electron chi connectivity index (χ2n) is 3.60. The van der Waals surface area contributed by atoms with Crippen LogP contribution in [0.4, 0.5) is 0 Å². The minimum absolute atomic E-state index is 0.0587. The fourth-order valence-corrected chi connectivity index (χ4v) is 1.97. The maximum absolute atomic E-state index is 10.8. The van der Waals surface area contributed by atoms with Crippen molar-refractivity contribution in [1.82, 2.24) is 0 Å². The van der Waals surface area contributed by atoms with E-state index in [9.17, 15) is 9.90 Å². The predicted molar refractivity (Wildman–Crippen MR) is 79.1 cm³/mol. The Morgan fingerprint density at radius 3 is 2.50 bits per heavy atom. The third-order valence-corrected chi connectivity index (χ3v) is 3.82. The summed E-state index contributed by atoms with van der Waals surface area (Å²) in [6.07, 6.45) is -0.0494. The molecule has 110 valence electrons. The summed E-state index contributed by atoms with van der Waals surface area (Å²) in [4.78, 5) is 10.8. The van der Waals surface area contributed by atoms with Crippen LogP contribution in [0.1, 0.15) is 0 Å². The topological polar surface area (TPSA) is 55.8 Å². The van der Waals surface area contributed by atoms with Crippen LogP contribution in [0.2, 0.25) is 20.1 Å². The quantitative estimate of drug-likeness (QED) is 0.363. The van der Waals surface area contributed by atoms with E-state index in [1.165, 1.54) is 6.07 Å².